The van der Waals surface area contributed by atoms with E-state index < -0.39 is 10.0 Å². The van der Waals surface area contributed by atoms with Gasteiger partial charge in [0.15, 0.2) is 0 Å². The van der Waals surface area contributed by atoms with Crippen molar-refractivity contribution >= 4 is 38.9 Å². The highest BCUT2D eigenvalue weighted by molar-refractivity contribution is 7.92. The van der Waals surface area contributed by atoms with Crippen LogP contribution in [0, 0.1) is 11.3 Å². The Morgan fingerprint density at radius 1 is 1.05 bits per heavy atom. The third kappa shape index (κ3) is 3.88. The van der Waals surface area contributed by atoms with Gasteiger partial charge < -0.3 is 0 Å². The SMILES string of the molecule is N#CCc1ccc(S(=O)(=O)Nc2ccc(Cl)c(Cl)c2)cc1. The number of sulfonamides is 1. The largest absolute Gasteiger partial charge is 0.280 e. The van der Waals surface area contributed by atoms with Crippen molar-refractivity contribution in [2.75, 3.05) is 4.72 Å². The topological polar surface area (TPSA) is 70.0 Å². The van der Waals surface area contributed by atoms with Crippen LogP contribution in [0.4, 0.5) is 5.69 Å². The summed E-state index contributed by atoms with van der Waals surface area (Å²) in [5, 5.41) is 9.20. The van der Waals surface area contributed by atoms with E-state index in [9.17, 15) is 8.42 Å². The summed E-state index contributed by atoms with van der Waals surface area (Å²) >= 11 is 11.6. The number of hydrogen-bond acceptors (Lipinski definition) is 3. The Bertz CT molecular complexity index is 797. The molecule has 2 aromatic carbocycles. The molecule has 2 rings (SSSR count). The maximum absolute atomic E-state index is 12.2. The van der Waals surface area contributed by atoms with E-state index in [1.165, 1.54) is 30.3 Å². The summed E-state index contributed by atoms with van der Waals surface area (Å²) in [5.74, 6) is 0. The third-order valence-electron chi connectivity index (χ3n) is 2.69. The van der Waals surface area contributed by atoms with E-state index >= 15 is 0 Å². The van der Waals surface area contributed by atoms with Gasteiger partial charge in [-0.1, -0.05) is 35.3 Å². The highest BCUT2D eigenvalue weighted by Crippen LogP contribution is 2.26. The molecule has 0 aromatic heterocycles. The number of nitriles is 1. The summed E-state index contributed by atoms with van der Waals surface area (Å²) in [6.07, 6.45) is 0.237. The van der Waals surface area contributed by atoms with Crippen molar-refractivity contribution in [3.8, 4) is 6.07 Å². The average Bonchev–Trinajstić information content (AvgIpc) is 2.44. The Labute approximate surface area is 133 Å². The van der Waals surface area contributed by atoms with Gasteiger partial charge in [0.25, 0.3) is 10.0 Å². The van der Waals surface area contributed by atoms with E-state index in [2.05, 4.69) is 4.72 Å². The maximum Gasteiger partial charge on any atom is 0.261 e. The minimum Gasteiger partial charge on any atom is -0.280 e. The van der Waals surface area contributed by atoms with Crippen molar-refractivity contribution in [1.29, 1.82) is 5.26 Å². The normalized spacial score (nSPS) is 10.9. The number of rotatable bonds is 4. The van der Waals surface area contributed by atoms with E-state index in [1.807, 2.05) is 6.07 Å². The summed E-state index contributed by atoms with van der Waals surface area (Å²) in [7, 11) is -3.71. The number of nitrogens with zero attached hydrogens (tertiary/aromatic N) is 1. The van der Waals surface area contributed by atoms with Crippen LogP contribution in [0.2, 0.25) is 10.0 Å². The summed E-state index contributed by atoms with van der Waals surface area (Å²) in [4.78, 5) is 0.107. The fourth-order valence-corrected chi connectivity index (χ4v) is 3.00. The van der Waals surface area contributed by atoms with Gasteiger partial charge in [-0.05, 0) is 35.9 Å². The van der Waals surface area contributed by atoms with Crippen LogP contribution in [0.25, 0.3) is 0 Å². The predicted molar refractivity (Wildman–Crippen MR) is 83.0 cm³/mol. The molecule has 0 heterocycles. The Kier molecular flexibility index (Phi) is 4.73. The second kappa shape index (κ2) is 6.35. The summed E-state index contributed by atoms with van der Waals surface area (Å²) in [5.41, 5.74) is 1.08. The number of hydrogen-bond donors (Lipinski definition) is 1. The van der Waals surface area contributed by atoms with E-state index in [0.29, 0.717) is 10.7 Å². The fraction of sp³-hybridized carbons (Fsp3) is 0.0714. The first-order valence-electron chi connectivity index (χ1n) is 5.86. The van der Waals surface area contributed by atoms with Gasteiger partial charge in [-0.15, -0.1) is 0 Å². The van der Waals surface area contributed by atoms with Crippen LogP contribution in [0.3, 0.4) is 0 Å². The summed E-state index contributed by atoms with van der Waals surface area (Å²) in [6, 6.07) is 12.6. The average molecular weight is 341 g/mol. The lowest BCUT2D eigenvalue weighted by Gasteiger charge is -2.09. The monoisotopic (exact) mass is 340 g/mol. The van der Waals surface area contributed by atoms with Crippen LogP contribution < -0.4 is 4.72 Å². The Morgan fingerprint density at radius 2 is 1.71 bits per heavy atom. The number of nitrogens with one attached hydrogen (secondary N) is 1. The van der Waals surface area contributed by atoms with Gasteiger partial charge in [-0.25, -0.2) is 8.42 Å². The van der Waals surface area contributed by atoms with Crippen LogP contribution in [-0.2, 0) is 16.4 Å². The van der Waals surface area contributed by atoms with Crippen LogP contribution in [0.1, 0.15) is 5.56 Å². The predicted octanol–water partition coefficient (Wildman–Crippen LogP) is 3.86. The standard InChI is InChI=1S/C14H10Cl2N2O2S/c15-13-6-3-11(9-14(13)16)18-21(19,20)12-4-1-10(2-5-12)7-8-17/h1-6,9,18H,7H2. The molecule has 1 N–H and O–H groups in total. The zero-order valence-corrected chi connectivity index (χ0v) is 13.0. The van der Waals surface area contributed by atoms with Crippen LogP contribution in [0.15, 0.2) is 47.4 Å². The molecule has 0 aliphatic heterocycles. The molecule has 2 aromatic rings. The van der Waals surface area contributed by atoms with Gasteiger partial charge in [0, 0.05) is 0 Å². The minimum absolute atomic E-state index is 0.107. The Balaban J connectivity index is 2.25. The maximum atomic E-state index is 12.2. The molecular formula is C14H10Cl2N2O2S. The highest BCUT2D eigenvalue weighted by atomic mass is 35.5. The quantitative estimate of drug-likeness (QED) is 0.918. The lowest BCUT2D eigenvalue weighted by molar-refractivity contribution is 0.601. The number of anilines is 1. The second-order valence-corrected chi connectivity index (χ2v) is 6.71. The van der Waals surface area contributed by atoms with Gasteiger partial charge in [0.1, 0.15) is 0 Å². The van der Waals surface area contributed by atoms with E-state index in [4.69, 9.17) is 28.5 Å². The molecule has 0 spiro atoms. The van der Waals surface area contributed by atoms with Gasteiger partial charge in [0.05, 0.1) is 33.1 Å². The van der Waals surface area contributed by atoms with Crippen molar-refractivity contribution in [2.45, 2.75) is 11.3 Å². The van der Waals surface area contributed by atoms with Crippen molar-refractivity contribution < 1.29 is 8.42 Å². The molecule has 4 nitrogen and oxygen atoms in total. The van der Waals surface area contributed by atoms with Crippen LogP contribution >= 0.6 is 23.2 Å². The zero-order chi connectivity index (χ0) is 15.5. The number of halogens is 2. The third-order valence-corrected chi connectivity index (χ3v) is 4.82. The molecule has 0 atom stereocenters. The van der Waals surface area contributed by atoms with Gasteiger partial charge in [0.2, 0.25) is 0 Å². The molecule has 0 fully saturated rings. The van der Waals surface area contributed by atoms with Gasteiger partial charge in [-0.3, -0.25) is 4.72 Å². The lowest BCUT2D eigenvalue weighted by Crippen LogP contribution is -2.12. The summed E-state index contributed by atoms with van der Waals surface area (Å²) in [6.45, 7) is 0. The molecule has 0 aliphatic carbocycles. The molecule has 108 valence electrons. The van der Waals surface area contributed by atoms with E-state index in [1.54, 1.807) is 12.1 Å². The highest BCUT2D eigenvalue weighted by Gasteiger charge is 2.14. The van der Waals surface area contributed by atoms with Crippen molar-refractivity contribution in [3.05, 3.63) is 58.1 Å². The van der Waals surface area contributed by atoms with Gasteiger partial charge in [-0.2, -0.15) is 5.26 Å². The molecule has 21 heavy (non-hydrogen) atoms. The molecule has 0 saturated carbocycles. The molecule has 0 unspecified atom stereocenters. The Hall–Kier alpha value is -1.74. The Morgan fingerprint density at radius 3 is 2.29 bits per heavy atom. The lowest BCUT2D eigenvalue weighted by atomic mass is 10.2. The number of benzene rings is 2. The molecule has 0 amide bonds. The van der Waals surface area contributed by atoms with E-state index in [0.717, 1.165) is 5.56 Å². The minimum atomic E-state index is -3.71. The first kappa shape index (κ1) is 15.6. The van der Waals surface area contributed by atoms with Crippen LogP contribution in [0.5, 0.6) is 0 Å². The molecular weight excluding hydrogens is 331 g/mol. The molecule has 7 heteroatoms. The molecule has 0 saturated heterocycles. The van der Waals surface area contributed by atoms with Crippen molar-refractivity contribution in [1.82, 2.24) is 0 Å². The first-order chi connectivity index (χ1) is 9.92. The molecule has 0 aliphatic rings. The first-order valence-corrected chi connectivity index (χ1v) is 8.10. The molecule has 0 radical (unpaired) electrons. The fourth-order valence-electron chi connectivity index (χ4n) is 1.65. The molecule has 0 bridgehead atoms. The summed E-state index contributed by atoms with van der Waals surface area (Å²) < 4.78 is 26.8. The smallest absolute Gasteiger partial charge is 0.261 e. The van der Waals surface area contributed by atoms with E-state index in [-0.39, 0.29) is 16.3 Å². The van der Waals surface area contributed by atoms with Gasteiger partial charge >= 0.3 is 0 Å². The zero-order valence-electron chi connectivity index (χ0n) is 10.7. The van der Waals surface area contributed by atoms with Crippen molar-refractivity contribution in [2.24, 2.45) is 0 Å². The second-order valence-electron chi connectivity index (χ2n) is 4.21. The van der Waals surface area contributed by atoms with Crippen LogP contribution in [-0.4, -0.2) is 8.42 Å². The van der Waals surface area contributed by atoms with Crippen molar-refractivity contribution in [3.63, 3.8) is 0 Å².